The molecule has 0 aromatic heterocycles. The Morgan fingerprint density at radius 3 is 2.00 bits per heavy atom. The Kier molecular flexibility index (Phi) is 4.49. The smallest absolute Gasteiger partial charge is 0.193 e. The predicted molar refractivity (Wildman–Crippen MR) is 94.8 cm³/mol. The topological polar surface area (TPSA) is 17.1 Å². The third kappa shape index (κ3) is 3.14. The lowest BCUT2D eigenvalue weighted by atomic mass is 9.86. The van der Waals surface area contributed by atoms with Crippen LogP contribution in [0, 0.1) is 0 Å². The van der Waals surface area contributed by atoms with E-state index in [9.17, 15) is 4.79 Å². The van der Waals surface area contributed by atoms with E-state index in [1.54, 1.807) is 0 Å². The summed E-state index contributed by atoms with van der Waals surface area (Å²) in [6.07, 6.45) is 1.90. The van der Waals surface area contributed by atoms with Crippen LogP contribution in [-0.4, -0.2) is 5.78 Å². The van der Waals surface area contributed by atoms with Crippen molar-refractivity contribution in [2.75, 3.05) is 0 Å². The number of benzene rings is 3. The normalized spacial score (nSPS) is 11.7. The van der Waals surface area contributed by atoms with Crippen LogP contribution >= 0.6 is 0 Å². The van der Waals surface area contributed by atoms with Gasteiger partial charge in [-0.2, -0.15) is 0 Å². The highest BCUT2D eigenvalue weighted by molar-refractivity contribution is 6.10. The summed E-state index contributed by atoms with van der Waals surface area (Å²) >= 11 is 0. The molecule has 0 aliphatic heterocycles. The average Bonchev–Trinajstić information content (AvgIpc) is 2.64. The van der Waals surface area contributed by atoms with Gasteiger partial charge in [0.15, 0.2) is 5.78 Å². The molecule has 0 aliphatic carbocycles. The molecular formula is C22H18O. The Morgan fingerprint density at radius 2 is 1.35 bits per heavy atom. The van der Waals surface area contributed by atoms with Crippen molar-refractivity contribution in [1.82, 2.24) is 0 Å². The van der Waals surface area contributed by atoms with E-state index >= 15 is 0 Å². The lowest BCUT2D eigenvalue weighted by molar-refractivity contribution is 0.103. The molecule has 0 fully saturated rings. The van der Waals surface area contributed by atoms with Crippen LogP contribution in [0.1, 0.15) is 33.0 Å². The van der Waals surface area contributed by atoms with Crippen LogP contribution < -0.4 is 0 Å². The summed E-state index contributed by atoms with van der Waals surface area (Å²) in [6.45, 7) is 3.98. The summed E-state index contributed by atoms with van der Waals surface area (Å²) in [4.78, 5) is 12.9. The van der Waals surface area contributed by atoms with Gasteiger partial charge in [0.25, 0.3) is 0 Å². The van der Waals surface area contributed by atoms with Crippen molar-refractivity contribution in [2.45, 2.75) is 5.92 Å². The van der Waals surface area contributed by atoms with E-state index in [0.717, 1.165) is 16.7 Å². The second-order valence-corrected chi connectivity index (χ2v) is 5.41. The molecule has 23 heavy (non-hydrogen) atoms. The van der Waals surface area contributed by atoms with E-state index in [2.05, 4.69) is 18.7 Å². The third-order valence-electron chi connectivity index (χ3n) is 3.97. The number of hydrogen-bond donors (Lipinski definition) is 0. The van der Waals surface area contributed by atoms with E-state index in [1.165, 1.54) is 0 Å². The summed E-state index contributed by atoms with van der Waals surface area (Å²) in [6, 6.07) is 27.3. The first kappa shape index (κ1) is 15.0. The minimum atomic E-state index is 0.0000576. The fourth-order valence-corrected chi connectivity index (χ4v) is 2.82. The van der Waals surface area contributed by atoms with Crippen molar-refractivity contribution in [3.05, 3.63) is 120 Å². The molecule has 0 spiro atoms. The van der Waals surface area contributed by atoms with Crippen molar-refractivity contribution in [3.63, 3.8) is 0 Å². The summed E-state index contributed by atoms with van der Waals surface area (Å²) in [5.41, 5.74) is 3.56. The molecule has 1 atom stereocenters. The molecule has 0 N–H and O–H groups in total. The predicted octanol–water partition coefficient (Wildman–Crippen LogP) is 5.24. The van der Waals surface area contributed by atoms with Crippen LogP contribution in [0.3, 0.4) is 0 Å². The molecule has 1 nitrogen and oxygen atoms in total. The zero-order valence-electron chi connectivity index (χ0n) is 12.9. The second-order valence-electron chi connectivity index (χ2n) is 5.41. The van der Waals surface area contributed by atoms with Gasteiger partial charge in [-0.25, -0.2) is 0 Å². The highest BCUT2D eigenvalue weighted by Crippen LogP contribution is 2.29. The maximum Gasteiger partial charge on any atom is 0.193 e. The first-order valence-electron chi connectivity index (χ1n) is 7.67. The Morgan fingerprint density at radius 1 is 0.783 bits per heavy atom. The van der Waals surface area contributed by atoms with E-state index in [1.807, 2.05) is 78.9 Å². The highest BCUT2D eigenvalue weighted by atomic mass is 16.1. The molecule has 0 aliphatic rings. The van der Waals surface area contributed by atoms with Crippen molar-refractivity contribution in [3.8, 4) is 0 Å². The number of allylic oxidation sites excluding steroid dienone is 1. The molecular weight excluding hydrogens is 280 g/mol. The van der Waals surface area contributed by atoms with E-state index in [4.69, 9.17) is 0 Å². The minimum absolute atomic E-state index is 0.0000576. The van der Waals surface area contributed by atoms with Gasteiger partial charge in [0.2, 0.25) is 0 Å². The fourth-order valence-electron chi connectivity index (χ4n) is 2.82. The van der Waals surface area contributed by atoms with Gasteiger partial charge >= 0.3 is 0 Å². The van der Waals surface area contributed by atoms with Gasteiger partial charge in [0.05, 0.1) is 0 Å². The van der Waals surface area contributed by atoms with Crippen molar-refractivity contribution in [1.29, 1.82) is 0 Å². The molecule has 112 valence electrons. The molecule has 1 unspecified atom stereocenters. The average molecular weight is 298 g/mol. The van der Waals surface area contributed by atoms with Crippen LogP contribution in [-0.2, 0) is 0 Å². The number of carbonyl (C=O) groups excluding carboxylic acids is 1. The summed E-state index contributed by atoms with van der Waals surface area (Å²) in [7, 11) is 0. The lowest BCUT2D eigenvalue weighted by Gasteiger charge is -2.17. The largest absolute Gasteiger partial charge is 0.289 e. The molecule has 3 aromatic rings. The minimum Gasteiger partial charge on any atom is -0.289 e. The van der Waals surface area contributed by atoms with Gasteiger partial charge in [-0.15, -0.1) is 6.58 Å². The fraction of sp³-hybridized carbons (Fsp3) is 0.0455. The molecule has 3 aromatic carbocycles. The van der Waals surface area contributed by atoms with Crippen molar-refractivity contribution < 1.29 is 4.79 Å². The van der Waals surface area contributed by atoms with Crippen LogP contribution in [0.2, 0.25) is 0 Å². The van der Waals surface area contributed by atoms with Crippen LogP contribution in [0.25, 0.3) is 0 Å². The summed E-state index contributed by atoms with van der Waals surface area (Å²) in [5.74, 6) is 0.0454. The van der Waals surface area contributed by atoms with Gasteiger partial charge in [-0.3, -0.25) is 4.79 Å². The Balaban J connectivity index is 2.07. The zero-order chi connectivity index (χ0) is 16.1. The zero-order valence-corrected chi connectivity index (χ0v) is 12.9. The highest BCUT2D eigenvalue weighted by Gasteiger charge is 2.19. The number of ketones is 1. The van der Waals surface area contributed by atoms with E-state index in [0.29, 0.717) is 5.56 Å². The molecule has 0 amide bonds. The van der Waals surface area contributed by atoms with E-state index < -0.39 is 0 Å². The van der Waals surface area contributed by atoms with Crippen molar-refractivity contribution >= 4 is 5.78 Å². The third-order valence-corrected chi connectivity index (χ3v) is 3.97. The molecule has 0 heterocycles. The Bertz CT molecular complexity index is 804. The molecule has 0 bridgehead atoms. The standard InChI is InChI=1S/C22H18O/c1-2-19(17-11-5-3-6-12-17)20-15-9-10-16-21(20)22(23)18-13-7-4-8-14-18/h2-16,19H,1H2. The van der Waals surface area contributed by atoms with Crippen LogP contribution in [0.4, 0.5) is 0 Å². The number of rotatable bonds is 5. The number of carbonyl (C=O) groups is 1. The summed E-state index contributed by atoms with van der Waals surface area (Å²) < 4.78 is 0. The lowest BCUT2D eigenvalue weighted by Crippen LogP contribution is -2.08. The molecule has 0 radical (unpaired) electrons. The Labute approximate surface area is 136 Å². The van der Waals surface area contributed by atoms with Gasteiger partial charge in [-0.1, -0.05) is 91.0 Å². The summed E-state index contributed by atoms with van der Waals surface area (Å²) in [5, 5.41) is 0. The maximum atomic E-state index is 12.9. The van der Waals surface area contributed by atoms with Crippen molar-refractivity contribution in [2.24, 2.45) is 0 Å². The maximum absolute atomic E-state index is 12.9. The molecule has 0 saturated heterocycles. The monoisotopic (exact) mass is 298 g/mol. The first-order valence-corrected chi connectivity index (χ1v) is 7.67. The SMILES string of the molecule is C=CC(c1ccccc1)c1ccccc1C(=O)c1ccccc1. The Hall–Kier alpha value is -2.93. The number of hydrogen-bond acceptors (Lipinski definition) is 1. The van der Waals surface area contributed by atoms with Gasteiger partial charge in [0, 0.05) is 17.0 Å². The van der Waals surface area contributed by atoms with Gasteiger partial charge in [0.1, 0.15) is 0 Å². The quantitative estimate of drug-likeness (QED) is 0.465. The van der Waals surface area contributed by atoms with E-state index in [-0.39, 0.29) is 11.7 Å². The molecule has 0 saturated carbocycles. The first-order chi connectivity index (χ1) is 11.3. The van der Waals surface area contributed by atoms with Gasteiger partial charge < -0.3 is 0 Å². The van der Waals surface area contributed by atoms with Gasteiger partial charge in [-0.05, 0) is 11.1 Å². The second kappa shape index (κ2) is 6.89. The van der Waals surface area contributed by atoms with Crippen LogP contribution in [0.15, 0.2) is 97.6 Å². The molecule has 3 rings (SSSR count). The molecule has 1 heteroatoms. The van der Waals surface area contributed by atoms with Crippen LogP contribution in [0.5, 0.6) is 0 Å².